The van der Waals surface area contributed by atoms with Gasteiger partial charge in [0.2, 0.25) is 0 Å². The Labute approximate surface area is 276 Å². The van der Waals surface area contributed by atoms with E-state index in [0.717, 1.165) is 10.5 Å². The molecular formula is C45H32S. The van der Waals surface area contributed by atoms with E-state index < -0.39 is 0 Å². The summed E-state index contributed by atoms with van der Waals surface area (Å²) in [5.41, 5.74) is 13.4. The summed E-state index contributed by atoms with van der Waals surface area (Å²) in [4.78, 5) is 0.971. The second-order valence-electron chi connectivity index (χ2n) is 11.9. The van der Waals surface area contributed by atoms with E-state index in [1.807, 2.05) is 0 Å². The fraction of sp³-hybridized carbons (Fsp3) is 0.0222. The number of thiol groups is 1. The molecule has 8 aromatic carbocycles. The van der Waals surface area contributed by atoms with Gasteiger partial charge in [0.05, 0.1) is 0 Å². The monoisotopic (exact) mass is 604 g/mol. The molecule has 0 saturated heterocycles. The van der Waals surface area contributed by atoms with Gasteiger partial charge in [-0.05, 0) is 108 Å². The Kier molecular flexibility index (Phi) is 7.25. The van der Waals surface area contributed by atoms with Crippen molar-refractivity contribution >= 4 is 34.2 Å². The van der Waals surface area contributed by atoms with E-state index >= 15 is 0 Å². The molecule has 1 heteroatoms. The van der Waals surface area contributed by atoms with Crippen molar-refractivity contribution in [2.45, 2.75) is 11.8 Å². The van der Waals surface area contributed by atoms with Crippen molar-refractivity contribution in [3.05, 3.63) is 175 Å². The van der Waals surface area contributed by atoms with Crippen LogP contribution in [-0.2, 0) is 0 Å². The van der Waals surface area contributed by atoms with Crippen LogP contribution in [0, 0.1) is 6.92 Å². The molecule has 8 aromatic rings. The van der Waals surface area contributed by atoms with Crippen molar-refractivity contribution in [1.82, 2.24) is 0 Å². The first-order valence-corrected chi connectivity index (χ1v) is 16.2. The number of benzene rings is 8. The molecule has 0 aromatic heterocycles. The van der Waals surface area contributed by atoms with Crippen molar-refractivity contribution in [2.24, 2.45) is 0 Å². The predicted octanol–water partition coefficient (Wildman–Crippen LogP) is 12.9. The summed E-state index contributed by atoms with van der Waals surface area (Å²) in [6.07, 6.45) is 0. The zero-order chi connectivity index (χ0) is 31.0. The molecule has 0 aliphatic heterocycles. The van der Waals surface area contributed by atoms with Crippen LogP contribution in [0.3, 0.4) is 0 Å². The Hall–Kier alpha value is -5.37. The smallest absolute Gasteiger partial charge is 0.0119 e. The third kappa shape index (κ3) is 4.90. The molecule has 218 valence electrons. The van der Waals surface area contributed by atoms with E-state index in [0.29, 0.717) is 0 Å². The molecule has 8 rings (SSSR count). The molecule has 0 unspecified atom stereocenters. The minimum Gasteiger partial charge on any atom is -0.143 e. The van der Waals surface area contributed by atoms with E-state index in [4.69, 9.17) is 12.6 Å². The fourth-order valence-electron chi connectivity index (χ4n) is 7.01. The number of fused-ring (bicyclic) bond motifs is 2. The molecule has 0 heterocycles. The van der Waals surface area contributed by atoms with Gasteiger partial charge in [0, 0.05) is 4.90 Å². The number of aryl methyl sites for hydroxylation is 1. The third-order valence-corrected chi connectivity index (χ3v) is 9.49. The van der Waals surface area contributed by atoms with Gasteiger partial charge in [0.15, 0.2) is 0 Å². The summed E-state index contributed by atoms with van der Waals surface area (Å²) in [5.74, 6) is 0. The fourth-order valence-corrected chi connectivity index (χ4v) is 7.26. The van der Waals surface area contributed by atoms with E-state index in [2.05, 4.69) is 177 Å². The van der Waals surface area contributed by atoms with Crippen LogP contribution in [-0.4, -0.2) is 0 Å². The van der Waals surface area contributed by atoms with Crippen LogP contribution in [0.4, 0.5) is 0 Å². The number of rotatable bonds is 5. The Balaban J connectivity index is 1.39. The largest absolute Gasteiger partial charge is 0.143 e. The highest BCUT2D eigenvalue weighted by atomic mass is 32.1. The molecule has 0 fully saturated rings. The summed E-state index contributed by atoms with van der Waals surface area (Å²) in [7, 11) is 0. The minimum atomic E-state index is 0.971. The summed E-state index contributed by atoms with van der Waals surface area (Å²) in [6, 6.07) is 61.3. The lowest BCUT2D eigenvalue weighted by atomic mass is 9.84. The highest BCUT2D eigenvalue weighted by Gasteiger charge is 2.19. The first-order valence-electron chi connectivity index (χ1n) is 15.8. The highest BCUT2D eigenvalue weighted by molar-refractivity contribution is 7.80. The summed E-state index contributed by atoms with van der Waals surface area (Å²) in [6.45, 7) is 2.20. The van der Waals surface area contributed by atoms with Gasteiger partial charge in [0.1, 0.15) is 0 Å². The maximum atomic E-state index is 5.03. The van der Waals surface area contributed by atoms with E-state index in [1.54, 1.807) is 0 Å². The zero-order valence-electron chi connectivity index (χ0n) is 25.6. The van der Waals surface area contributed by atoms with Crippen LogP contribution in [0.2, 0.25) is 0 Å². The molecule has 0 aliphatic rings. The van der Waals surface area contributed by atoms with Gasteiger partial charge in [-0.3, -0.25) is 0 Å². The van der Waals surface area contributed by atoms with Crippen molar-refractivity contribution in [3.8, 4) is 55.6 Å². The lowest BCUT2D eigenvalue weighted by molar-refractivity contribution is 1.40. The Morgan fingerprint density at radius 3 is 1.41 bits per heavy atom. The maximum absolute atomic E-state index is 5.03. The van der Waals surface area contributed by atoms with E-state index in [1.165, 1.54) is 77.2 Å². The second-order valence-corrected chi connectivity index (χ2v) is 12.4. The van der Waals surface area contributed by atoms with Crippen LogP contribution in [0.25, 0.3) is 77.2 Å². The molecule has 0 saturated carbocycles. The first-order chi connectivity index (χ1) is 22.7. The average molecular weight is 605 g/mol. The quantitative estimate of drug-likeness (QED) is 0.147. The maximum Gasteiger partial charge on any atom is 0.0119 e. The van der Waals surface area contributed by atoms with Gasteiger partial charge in [-0.25, -0.2) is 0 Å². The molecule has 0 radical (unpaired) electrons. The van der Waals surface area contributed by atoms with E-state index in [9.17, 15) is 0 Å². The van der Waals surface area contributed by atoms with Crippen LogP contribution in [0.15, 0.2) is 175 Å². The van der Waals surface area contributed by atoms with Gasteiger partial charge in [-0.15, -0.1) is 12.6 Å². The van der Waals surface area contributed by atoms with Crippen LogP contribution in [0.5, 0.6) is 0 Å². The number of hydrogen-bond acceptors (Lipinski definition) is 1. The van der Waals surface area contributed by atoms with Gasteiger partial charge in [-0.1, -0.05) is 152 Å². The van der Waals surface area contributed by atoms with Gasteiger partial charge in [-0.2, -0.15) is 0 Å². The predicted molar refractivity (Wildman–Crippen MR) is 201 cm³/mol. The van der Waals surface area contributed by atoms with Crippen LogP contribution < -0.4 is 0 Å². The Morgan fingerprint density at radius 2 is 0.804 bits per heavy atom. The SMILES string of the molecule is Cc1cccc(-c2ccccc2)c1-c1cc(-c2c3ccccc3c(-c3cccc(-c4ccccc4)c3)c3ccccc23)ccc1S. The molecule has 0 spiro atoms. The molecule has 0 N–H and O–H groups in total. The summed E-state index contributed by atoms with van der Waals surface area (Å²) < 4.78 is 0. The third-order valence-electron chi connectivity index (χ3n) is 9.10. The summed E-state index contributed by atoms with van der Waals surface area (Å²) >= 11 is 5.03. The lowest BCUT2D eigenvalue weighted by Gasteiger charge is -2.20. The molecule has 0 nitrogen and oxygen atoms in total. The van der Waals surface area contributed by atoms with Crippen molar-refractivity contribution in [1.29, 1.82) is 0 Å². The van der Waals surface area contributed by atoms with Gasteiger partial charge >= 0.3 is 0 Å². The standard InChI is InChI=1S/C45H32S/c1-30-14-12-25-36(32-17-6-3-7-18-32)43(30)41-29-35(26-27-42(41)46)45-39-23-10-8-21-37(39)44(38-22-9-11-24-40(38)45)34-20-13-19-33(28-34)31-15-4-2-5-16-31/h2-29,46H,1H3. The first kappa shape index (κ1) is 28.1. The Morgan fingerprint density at radius 1 is 0.326 bits per heavy atom. The Bertz CT molecular complexity index is 2310. The molecule has 0 amide bonds. The topological polar surface area (TPSA) is 0 Å². The molecule has 0 atom stereocenters. The molecule has 0 aliphatic carbocycles. The van der Waals surface area contributed by atoms with Gasteiger partial charge in [0.25, 0.3) is 0 Å². The van der Waals surface area contributed by atoms with Crippen LogP contribution >= 0.6 is 12.6 Å². The minimum absolute atomic E-state index is 0.971. The molecular weight excluding hydrogens is 573 g/mol. The van der Waals surface area contributed by atoms with Crippen molar-refractivity contribution in [2.75, 3.05) is 0 Å². The number of hydrogen-bond donors (Lipinski definition) is 1. The highest BCUT2D eigenvalue weighted by Crippen LogP contribution is 2.46. The second kappa shape index (κ2) is 11.9. The van der Waals surface area contributed by atoms with Crippen molar-refractivity contribution < 1.29 is 0 Å². The zero-order valence-corrected chi connectivity index (χ0v) is 26.5. The lowest BCUT2D eigenvalue weighted by Crippen LogP contribution is -1.94. The average Bonchev–Trinajstić information content (AvgIpc) is 3.12. The molecule has 46 heavy (non-hydrogen) atoms. The van der Waals surface area contributed by atoms with E-state index in [-0.39, 0.29) is 0 Å². The summed E-state index contributed by atoms with van der Waals surface area (Å²) in [5, 5.41) is 4.98. The van der Waals surface area contributed by atoms with Gasteiger partial charge < -0.3 is 0 Å². The van der Waals surface area contributed by atoms with Crippen molar-refractivity contribution in [3.63, 3.8) is 0 Å². The van der Waals surface area contributed by atoms with Crippen LogP contribution in [0.1, 0.15) is 5.56 Å². The molecule has 0 bridgehead atoms. The normalized spacial score (nSPS) is 11.3.